The van der Waals surface area contributed by atoms with E-state index in [-0.39, 0.29) is 17.1 Å². The number of esters is 1. The molecule has 174 valence electrons. The Morgan fingerprint density at radius 1 is 1.03 bits per heavy atom. The number of halogens is 3. The van der Waals surface area contributed by atoms with Crippen molar-refractivity contribution in [3.63, 3.8) is 0 Å². The Hall–Kier alpha value is -1.71. The summed E-state index contributed by atoms with van der Waals surface area (Å²) in [6, 6.07) is 16.8. The van der Waals surface area contributed by atoms with Gasteiger partial charge in [-0.1, -0.05) is 67.7 Å². The Morgan fingerprint density at radius 3 is 2.12 bits per heavy atom. The molecule has 0 saturated carbocycles. The third-order valence-electron chi connectivity index (χ3n) is 5.23. The molecular formula is C24H22Br2ClNO4S. The van der Waals surface area contributed by atoms with Gasteiger partial charge in [0, 0.05) is 21.0 Å². The van der Waals surface area contributed by atoms with E-state index in [4.69, 9.17) is 16.3 Å². The van der Waals surface area contributed by atoms with E-state index >= 15 is 0 Å². The van der Waals surface area contributed by atoms with Gasteiger partial charge < -0.3 is 4.74 Å². The summed E-state index contributed by atoms with van der Waals surface area (Å²) in [5.41, 5.74) is 2.34. The first-order valence-corrected chi connectivity index (χ1v) is 13.4. The molecule has 0 radical (unpaired) electrons. The van der Waals surface area contributed by atoms with Gasteiger partial charge in [-0.05, 0) is 66.9 Å². The zero-order valence-electron chi connectivity index (χ0n) is 18.2. The number of rotatable bonds is 7. The van der Waals surface area contributed by atoms with Gasteiger partial charge in [0.15, 0.2) is 0 Å². The number of sulfonamides is 1. The summed E-state index contributed by atoms with van der Waals surface area (Å²) >= 11 is 12.9. The summed E-state index contributed by atoms with van der Waals surface area (Å²) in [6.45, 7) is 3.62. The van der Waals surface area contributed by atoms with Crippen LogP contribution >= 0.6 is 43.5 Å². The van der Waals surface area contributed by atoms with Crippen LogP contribution in [0.3, 0.4) is 0 Å². The van der Waals surface area contributed by atoms with Crippen LogP contribution in [0.2, 0.25) is 5.02 Å². The molecule has 0 aliphatic heterocycles. The molecule has 1 unspecified atom stereocenters. The smallest absolute Gasteiger partial charge is 0.338 e. The van der Waals surface area contributed by atoms with Crippen molar-refractivity contribution in [1.29, 1.82) is 0 Å². The van der Waals surface area contributed by atoms with E-state index in [0.717, 1.165) is 15.6 Å². The molecular weight excluding hydrogens is 594 g/mol. The normalized spacial score (nSPS) is 12.6. The van der Waals surface area contributed by atoms with Gasteiger partial charge in [-0.25, -0.2) is 13.2 Å². The summed E-state index contributed by atoms with van der Waals surface area (Å²) in [5, 5.41) is 0.556. The highest BCUT2D eigenvalue weighted by Crippen LogP contribution is 2.35. The van der Waals surface area contributed by atoms with Gasteiger partial charge in [0.1, 0.15) is 0 Å². The number of hydrogen-bond donors (Lipinski definition) is 0. The van der Waals surface area contributed by atoms with Crippen LogP contribution in [-0.4, -0.2) is 32.3 Å². The predicted octanol–water partition coefficient (Wildman–Crippen LogP) is 6.76. The second-order valence-corrected chi connectivity index (χ2v) is 11.5. The van der Waals surface area contributed by atoms with Gasteiger partial charge in [0.05, 0.1) is 23.1 Å². The Morgan fingerprint density at radius 2 is 1.58 bits per heavy atom. The first-order valence-electron chi connectivity index (χ1n) is 10.0. The summed E-state index contributed by atoms with van der Waals surface area (Å²) in [7, 11) is -2.49. The maximum absolute atomic E-state index is 13.8. The second kappa shape index (κ2) is 10.7. The van der Waals surface area contributed by atoms with E-state index < -0.39 is 22.0 Å². The van der Waals surface area contributed by atoms with Crippen molar-refractivity contribution in [3.8, 4) is 0 Å². The fourth-order valence-corrected chi connectivity index (χ4v) is 5.82. The topological polar surface area (TPSA) is 63.7 Å². The Bertz CT molecular complexity index is 1220. The molecule has 3 aromatic carbocycles. The van der Waals surface area contributed by atoms with Crippen LogP contribution in [0.4, 0.5) is 0 Å². The van der Waals surface area contributed by atoms with Crippen molar-refractivity contribution in [3.05, 3.63) is 96.9 Å². The number of benzene rings is 3. The first-order chi connectivity index (χ1) is 15.6. The second-order valence-electron chi connectivity index (χ2n) is 7.33. The number of carbonyl (C=O) groups is 1. The summed E-state index contributed by atoms with van der Waals surface area (Å²) in [4.78, 5) is 12.4. The molecule has 0 bridgehead atoms. The van der Waals surface area contributed by atoms with E-state index in [1.807, 2.05) is 24.3 Å². The average molecular weight is 616 g/mol. The highest BCUT2D eigenvalue weighted by molar-refractivity contribution is 9.10. The quantitative estimate of drug-likeness (QED) is 0.276. The zero-order chi connectivity index (χ0) is 24.3. The van der Waals surface area contributed by atoms with Crippen LogP contribution < -0.4 is 0 Å². The van der Waals surface area contributed by atoms with E-state index in [9.17, 15) is 13.2 Å². The third-order valence-corrected chi connectivity index (χ3v) is 8.63. The first kappa shape index (κ1) is 25.9. The minimum absolute atomic E-state index is 0.0124. The predicted molar refractivity (Wildman–Crippen MR) is 137 cm³/mol. The van der Waals surface area contributed by atoms with E-state index in [1.165, 1.54) is 23.5 Å². The zero-order valence-corrected chi connectivity index (χ0v) is 22.9. The molecule has 0 spiro atoms. The molecule has 0 fully saturated rings. The highest BCUT2D eigenvalue weighted by atomic mass is 79.9. The van der Waals surface area contributed by atoms with E-state index in [2.05, 4.69) is 31.9 Å². The van der Waals surface area contributed by atoms with Crippen LogP contribution in [0.25, 0.3) is 0 Å². The molecule has 5 nitrogen and oxygen atoms in total. The lowest BCUT2D eigenvalue weighted by Crippen LogP contribution is -2.32. The number of ether oxygens (including phenoxy) is 1. The molecule has 0 aromatic heterocycles. The molecule has 33 heavy (non-hydrogen) atoms. The van der Waals surface area contributed by atoms with Gasteiger partial charge in [-0.2, -0.15) is 4.31 Å². The minimum atomic E-state index is -4.01. The monoisotopic (exact) mass is 613 g/mol. The molecule has 0 N–H and O–H groups in total. The molecule has 1 atom stereocenters. The molecule has 3 aromatic rings. The van der Waals surface area contributed by atoms with Crippen molar-refractivity contribution in [2.45, 2.75) is 24.8 Å². The van der Waals surface area contributed by atoms with E-state index in [1.54, 1.807) is 38.1 Å². The maximum Gasteiger partial charge on any atom is 0.338 e. The molecule has 0 aliphatic rings. The van der Waals surface area contributed by atoms with Crippen molar-refractivity contribution in [2.24, 2.45) is 0 Å². The minimum Gasteiger partial charge on any atom is -0.462 e. The lowest BCUT2D eigenvalue weighted by atomic mass is 9.99. The number of nitrogens with zero attached hydrogens (tertiary/aromatic N) is 1. The number of hydrogen-bond acceptors (Lipinski definition) is 4. The summed E-state index contributed by atoms with van der Waals surface area (Å²) in [5.74, 6) is -0.572. The lowest BCUT2D eigenvalue weighted by Gasteiger charge is -2.29. The van der Waals surface area contributed by atoms with Gasteiger partial charge in [0.25, 0.3) is 0 Å². The SMILES string of the molecule is CCOC(=O)c1cc(S(=O)(=O)N(C)C(c2ccc(Cl)cc2)c2ccc(Br)cc2)cc(Br)c1C. The van der Waals surface area contributed by atoms with Gasteiger partial charge >= 0.3 is 5.97 Å². The largest absolute Gasteiger partial charge is 0.462 e. The van der Waals surface area contributed by atoms with Gasteiger partial charge in [-0.3, -0.25) is 0 Å². The van der Waals surface area contributed by atoms with Crippen molar-refractivity contribution in [2.75, 3.05) is 13.7 Å². The van der Waals surface area contributed by atoms with E-state index in [0.29, 0.717) is 15.1 Å². The van der Waals surface area contributed by atoms with Crippen LogP contribution in [-0.2, 0) is 14.8 Å². The molecule has 0 saturated heterocycles. The molecule has 0 amide bonds. The van der Waals surface area contributed by atoms with Crippen LogP contribution in [0, 0.1) is 6.92 Å². The Labute approximate surface area is 216 Å². The maximum atomic E-state index is 13.8. The fourth-order valence-electron chi connectivity index (χ4n) is 3.43. The van der Waals surface area contributed by atoms with Crippen LogP contribution in [0.1, 0.15) is 40.0 Å². The van der Waals surface area contributed by atoms with Crippen LogP contribution in [0.5, 0.6) is 0 Å². The molecule has 3 rings (SSSR count). The van der Waals surface area contributed by atoms with Gasteiger partial charge in [0.2, 0.25) is 10.0 Å². The lowest BCUT2D eigenvalue weighted by molar-refractivity contribution is 0.0525. The van der Waals surface area contributed by atoms with Crippen molar-refractivity contribution >= 4 is 59.5 Å². The highest BCUT2D eigenvalue weighted by Gasteiger charge is 2.32. The Kier molecular flexibility index (Phi) is 8.40. The molecule has 0 heterocycles. The fraction of sp³-hybridized carbons (Fsp3) is 0.208. The number of carbonyl (C=O) groups excluding carboxylic acids is 1. The van der Waals surface area contributed by atoms with Gasteiger partial charge in [-0.15, -0.1) is 0 Å². The molecule has 9 heteroatoms. The van der Waals surface area contributed by atoms with Crippen molar-refractivity contribution in [1.82, 2.24) is 4.31 Å². The average Bonchev–Trinajstić information content (AvgIpc) is 2.78. The van der Waals surface area contributed by atoms with Crippen LogP contribution in [0.15, 0.2) is 74.5 Å². The molecule has 0 aliphatic carbocycles. The summed E-state index contributed by atoms with van der Waals surface area (Å²) < 4.78 is 35.3. The standard InChI is InChI=1S/C24H22Br2ClNO4S/c1-4-32-24(29)21-13-20(14-22(26)15(21)2)33(30,31)28(3)23(16-5-9-18(25)10-6-16)17-7-11-19(27)12-8-17/h5-14,23H,4H2,1-3H3. The van der Waals surface area contributed by atoms with Crippen molar-refractivity contribution < 1.29 is 17.9 Å². The summed E-state index contributed by atoms with van der Waals surface area (Å²) in [6.07, 6.45) is 0. The third kappa shape index (κ3) is 5.69. The Balaban J connectivity index is 2.14.